The van der Waals surface area contributed by atoms with Gasteiger partial charge in [0.1, 0.15) is 11.6 Å². The summed E-state index contributed by atoms with van der Waals surface area (Å²) in [5, 5.41) is 0. The molecule has 0 N–H and O–H groups in total. The molecular formula is C44H58N2O6S2. The number of hydrogen-bond donors (Lipinski definition) is 0. The van der Waals surface area contributed by atoms with Crippen molar-refractivity contribution in [2.75, 3.05) is 13.1 Å². The number of allylic oxidation sites excluding steroid dienone is 2. The molecule has 2 spiro atoms. The largest absolute Gasteiger partial charge is 0.299 e. The number of benzene rings is 2. The summed E-state index contributed by atoms with van der Waals surface area (Å²) in [6, 6.07) is 14.1. The SMILES string of the molecule is C=C(C)[C@@]12CCN(S(=O)(=O)c3ccc(C)cc3)[C@@H]3CCCC[C@]3(CC1=O)C2.C=C(C)[C@]12CCN(S(=O)(=O)c3ccc(C)cc3)[C@H]3CCCC[C@@]3(CC1=O)C2. The summed E-state index contributed by atoms with van der Waals surface area (Å²) in [4.78, 5) is 26.8. The summed E-state index contributed by atoms with van der Waals surface area (Å²) in [6.07, 6.45) is 11.5. The molecule has 6 atom stereocenters. The first-order valence-corrected chi connectivity index (χ1v) is 22.9. The Labute approximate surface area is 323 Å². The van der Waals surface area contributed by atoms with Crippen molar-refractivity contribution in [2.24, 2.45) is 21.7 Å². The lowest BCUT2D eigenvalue weighted by Crippen LogP contribution is -2.51. The summed E-state index contributed by atoms with van der Waals surface area (Å²) in [5.74, 6) is 0.573. The molecule has 10 heteroatoms. The second kappa shape index (κ2) is 13.9. The third kappa shape index (κ3) is 6.22. The third-order valence-electron chi connectivity index (χ3n) is 14.7. The van der Waals surface area contributed by atoms with E-state index in [0.29, 0.717) is 48.6 Å². The first kappa shape index (κ1) is 39.3. The average Bonchev–Trinajstić information content (AvgIpc) is 3.41. The topological polar surface area (TPSA) is 109 Å². The summed E-state index contributed by atoms with van der Waals surface area (Å²) in [5.41, 5.74) is 2.40. The van der Waals surface area contributed by atoms with Gasteiger partial charge in [-0.05, 0) is 114 Å². The number of fused-ring (bicyclic) bond motifs is 2. The molecular weight excluding hydrogens is 717 g/mol. The number of sulfonamides is 2. The number of carbonyl (C=O) groups is 2. The van der Waals surface area contributed by atoms with Crippen LogP contribution in [0.5, 0.6) is 0 Å². The highest BCUT2D eigenvalue weighted by Gasteiger charge is 2.63. The van der Waals surface area contributed by atoms with E-state index in [4.69, 9.17) is 0 Å². The monoisotopic (exact) mass is 774 g/mol. The normalized spacial score (nSPS) is 34.1. The zero-order valence-corrected chi connectivity index (χ0v) is 34.3. The molecule has 2 heterocycles. The van der Waals surface area contributed by atoms with Gasteiger partial charge < -0.3 is 0 Å². The maximum atomic E-state index is 13.6. The Morgan fingerprint density at radius 2 is 0.944 bits per heavy atom. The van der Waals surface area contributed by atoms with Crippen LogP contribution in [0.1, 0.15) is 115 Å². The molecule has 2 aromatic rings. The summed E-state index contributed by atoms with van der Waals surface area (Å²) in [7, 11) is -7.16. The van der Waals surface area contributed by atoms with E-state index in [2.05, 4.69) is 13.2 Å². The number of rotatable bonds is 6. The van der Waals surface area contributed by atoms with Crippen molar-refractivity contribution in [3.63, 3.8) is 0 Å². The maximum Gasteiger partial charge on any atom is 0.243 e. The molecule has 4 saturated carbocycles. The summed E-state index contributed by atoms with van der Waals surface area (Å²) < 4.78 is 57.7. The highest BCUT2D eigenvalue weighted by atomic mass is 32.2. The average molecular weight is 775 g/mol. The summed E-state index contributed by atoms with van der Waals surface area (Å²) >= 11 is 0. The van der Waals surface area contributed by atoms with Gasteiger partial charge in [0.05, 0.1) is 20.6 Å². The van der Waals surface area contributed by atoms with Crippen LogP contribution >= 0.6 is 0 Å². The standard InChI is InChI=1S/2C22H29NO3S/c2*1-16(2)22-12-13-23(27(25,26)18-9-7-17(3)8-10-18)19-6-4-5-11-21(19,15-22)14-20(22)24/h2*7-10,19H,1,4-6,11-15H2,2-3H3/t2*19-,21+,22+/m10/s1. The van der Waals surface area contributed by atoms with Crippen LogP contribution in [0, 0.1) is 35.5 Å². The Morgan fingerprint density at radius 1 is 0.593 bits per heavy atom. The highest BCUT2D eigenvalue weighted by molar-refractivity contribution is 7.89. The van der Waals surface area contributed by atoms with Gasteiger partial charge in [-0.3, -0.25) is 9.59 Å². The first-order valence-electron chi connectivity index (χ1n) is 20.0. The molecule has 2 aromatic carbocycles. The van der Waals surface area contributed by atoms with Gasteiger partial charge in [-0.15, -0.1) is 0 Å². The molecule has 0 radical (unpaired) electrons. The lowest BCUT2D eigenvalue weighted by atomic mass is 9.67. The fourth-order valence-corrected chi connectivity index (χ4v) is 15.1. The molecule has 2 aliphatic heterocycles. The van der Waals surface area contributed by atoms with Crippen LogP contribution in [-0.4, -0.2) is 62.2 Å². The molecule has 0 unspecified atom stereocenters. The minimum atomic E-state index is -3.58. The highest BCUT2D eigenvalue weighted by Crippen LogP contribution is 2.63. The number of hydrogen-bond acceptors (Lipinski definition) is 6. The number of nitrogens with zero attached hydrogens (tertiary/aromatic N) is 2. The lowest BCUT2D eigenvalue weighted by Gasteiger charge is -2.45. The minimum Gasteiger partial charge on any atom is -0.299 e. The fraction of sp³-hybridized carbons (Fsp3) is 0.591. The first-order chi connectivity index (χ1) is 25.4. The predicted octanol–water partition coefficient (Wildman–Crippen LogP) is 8.49. The van der Waals surface area contributed by atoms with Crippen molar-refractivity contribution in [1.82, 2.24) is 8.61 Å². The third-order valence-corrected chi connectivity index (χ3v) is 18.6. The molecule has 4 bridgehead atoms. The van der Waals surface area contributed by atoms with Gasteiger partial charge in [0.15, 0.2) is 0 Å². The fourth-order valence-electron chi connectivity index (χ4n) is 11.6. The zero-order chi connectivity index (χ0) is 38.9. The molecule has 0 aromatic heterocycles. The smallest absolute Gasteiger partial charge is 0.243 e. The summed E-state index contributed by atoms with van der Waals surface area (Å²) in [6.45, 7) is 16.9. The molecule has 8 nitrogen and oxygen atoms in total. The second-order valence-electron chi connectivity index (χ2n) is 17.9. The van der Waals surface area contributed by atoms with Crippen molar-refractivity contribution in [3.05, 3.63) is 84.0 Å². The minimum absolute atomic E-state index is 0.0785. The van der Waals surface area contributed by atoms with Crippen LogP contribution in [0.4, 0.5) is 0 Å². The van der Waals surface area contributed by atoms with E-state index < -0.39 is 30.9 Å². The van der Waals surface area contributed by atoms with Gasteiger partial charge in [0, 0.05) is 38.0 Å². The van der Waals surface area contributed by atoms with Crippen molar-refractivity contribution in [3.8, 4) is 0 Å². The predicted molar refractivity (Wildman–Crippen MR) is 212 cm³/mol. The number of aryl methyl sites for hydroxylation is 2. The van der Waals surface area contributed by atoms with Gasteiger partial charge >= 0.3 is 0 Å². The van der Waals surface area contributed by atoms with Crippen LogP contribution in [0.2, 0.25) is 0 Å². The number of carbonyl (C=O) groups excluding carboxylic acids is 2. The van der Waals surface area contributed by atoms with Gasteiger partial charge in [-0.2, -0.15) is 8.61 Å². The molecule has 6 aliphatic rings. The van der Waals surface area contributed by atoms with Gasteiger partial charge in [-0.25, -0.2) is 16.8 Å². The van der Waals surface area contributed by atoms with E-state index in [-0.39, 0.29) is 34.5 Å². The maximum absolute atomic E-state index is 13.6. The Kier molecular flexibility index (Phi) is 10.1. The molecule has 292 valence electrons. The quantitative estimate of drug-likeness (QED) is 0.273. The zero-order valence-electron chi connectivity index (χ0n) is 32.7. The van der Waals surface area contributed by atoms with E-state index in [1.807, 2.05) is 52.0 Å². The van der Waals surface area contributed by atoms with Crippen molar-refractivity contribution >= 4 is 31.6 Å². The Hall–Kier alpha value is -2.92. The van der Waals surface area contributed by atoms with Crippen LogP contribution in [0.3, 0.4) is 0 Å². The van der Waals surface area contributed by atoms with Crippen molar-refractivity contribution in [1.29, 1.82) is 0 Å². The van der Waals surface area contributed by atoms with Gasteiger partial charge in [0.25, 0.3) is 0 Å². The van der Waals surface area contributed by atoms with E-state index >= 15 is 0 Å². The molecule has 2 saturated heterocycles. The Morgan fingerprint density at radius 3 is 1.28 bits per heavy atom. The van der Waals surface area contributed by atoms with Crippen molar-refractivity contribution < 1.29 is 26.4 Å². The lowest BCUT2D eigenvalue weighted by molar-refractivity contribution is -0.126. The van der Waals surface area contributed by atoms with Crippen LogP contribution in [0.25, 0.3) is 0 Å². The molecule has 8 rings (SSSR count). The molecule has 4 aliphatic carbocycles. The number of Topliss-reactive ketones (excluding diaryl/α,β-unsaturated/α-hetero) is 2. The van der Waals surface area contributed by atoms with Crippen LogP contribution in [0.15, 0.2) is 82.6 Å². The molecule has 6 fully saturated rings. The molecule has 54 heavy (non-hydrogen) atoms. The number of ketones is 2. The van der Waals surface area contributed by atoms with E-state index in [9.17, 15) is 26.4 Å². The Bertz CT molecular complexity index is 1930. The van der Waals surface area contributed by atoms with Crippen LogP contribution in [-0.2, 0) is 29.6 Å². The van der Waals surface area contributed by atoms with E-state index in [1.54, 1.807) is 32.9 Å². The van der Waals surface area contributed by atoms with E-state index in [1.165, 1.54) is 0 Å². The molecule has 0 amide bonds. The van der Waals surface area contributed by atoms with Crippen molar-refractivity contribution in [2.45, 2.75) is 139 Å². The van der Waals surface area contributed by atoms with Gasteiger partial charge in [-0.1, -0.05) is 85.4 Å². The van der Waals surface area contributed by atoms with E-state index in [0.717, 1.165) is 86.5 Å². The Balaban J connectivity index is 0.000000167. The second-order valence-corrected chi connectivity index (χ2v) is 21.7. The van der Waals surface area contributed by atoms with Crippen LogP contribution < -0.4 is 0 Å². The van der Waals surface area contributed by atoms with Gasteiger partial charge in [0.2, 0.25) is 20.0 Å².